The number of nitrogens with zero attached hydrogens (tertiary/aromatic N) is 3. The zero-order valence-corrected chi connectivity index (χ0v) is 11.8. The van der Waals surface area contributed by atoms with Gasteiger partial charge in [0.15, 0.2) is 10.8 Å². The predicted molar refractivity (Wildman–Crippen MR) is 72.4 cm³/mol. The van der Waals surface area contributed by atoms with Crippen LogP contribution in [0.1, 0.15) is 5.69 Å². The van der Waals surface area contributed by atoms with Gasteiger partial charge in [-0.15, -0.1) is 0 Å². The van der Waals surface area contributed by atoms with E-state index in [-0.39, 0.29) is 10.8 Å². The second-order valence-electron chi connectivity index (χ2n) is 3.92. The molecule has 102 valence electrons. The number of sulfonamides is 1. The number of nitrogens with one attached hydrogen (secondary N) is 1. The van der Waals surface area contributed by atoms with Crippen LogP contribution < -0.4 is 10.5 Å². The maximum absolute atomic E-state index is 12.2. The lowest BCUT2D eigenvalue weighted by Gasteiger charge is -2.10. The van der Waals surface area contributed by atoms with Gasteiger partial charge in [-0.25, -0.2) is 9.97 Å². The standard InChI is InChI=1S/C10H12ClN5O2S/c1-6-7(3-4-8(11)14-6)15-19(17,18)10-9(12)13-5-16(10)2/h3-5,15H,12H2,1-2H3. The highest BCUT2D eigenvalue weighted by atomic mass is 35.5. The minimum atomic E-state index is -3.82. The lowest BCUT2D eigenvalue weighted by molar-refractivity contribution is 0.592. The van der Waals surface area contributed by atoms with Crippen LogP contribution in [-0.2, 0) is 17.1 Å². The van der Waals surface area contributed by atoms with Gasteiger partial charge in [-0.05, 0) is 19.1 Å². The maximum atomic E-state index is 12.2. The van der Waals surface area contributed by atoms with Crippen molar-refractivity contribution in [1.29, 1.82) is 0 Å². The summed E-state index contributed by atoms with van der Waals surface area (Å²) in [5, 5.41) is 0.197. The normalized spacial score (nSPS) is 11.5. The van der Waals surface area contributed by atoms with Gasteiger partial charge in [0.25, 0.3) is 10.0 Å². The summed E-state index contributed by atoms with van der Waals surface area (Å²) in [4.78, 5) is 7.71. The van der Waals surface area contributed by atoms with Crippen LogP contribution in [0.25, 0.3) is 0 Å². The Balaban J connectivity index is 2.42. The topological polar surface area (TPSA) is 103 Å². The first-order valence-corrected chi connectivity index (χ1v) is 7.10. The van der Waals surface area contributed by atoms with E-state index >= 15 is 0 Å². The zero-order valence-electron chi connectivity index (χ0n) is 10.3. The first kappa shape index (κ1) is 13.6. The van der Waals surface area contributed by atoms with Crippen molar-refractivity contribution in [2.24, 2.45) is 7.05 Å². The Hall–Kier alpha value is -1.80. The average Bonchev–Trinajstić information content (AvgIpc) is 2.63. The van der Waals surface area contributed by atoms with E-state index < -0.39 is 10.0 Å². The molecular formula is C10H12ClN5O2S. The minimum absolute atomic E-state index is 0.0606. The van der Waals surface area contributed by atoms with E-state index in [9.17, 15) is 8.42 Å². The second-order valence-corrected chi connectivity index (χ2v) is 5.90. The molecule has 19 heavy (non-hydrogen) atoms. The number of hydrogen-bond donors (Lipinski definition) is 2. The quantitative estimate of drug-likeness (QED) is 0.828. The molecule has 2 heterocycles. The molecule has 0 bridgehead atoms. The minimum Gasteiger partial charge on any atom is -0.381 e. The molecule has 0 spiro atoms. The number of imidazole rings is 1. The van der Waals surface area contributed by atoms with Crippen LogP contribution in [0.3, 0.4) is 0 Å². The number of rotatable bonds is 3. The molecule has 2 rings (SSSR count). The van der Waals surface area contributed by atoms with Crippen LogP contribution in [0.2, 0.25) is 5.15 Å². The smallest absolute Gasteiger partial charge is 0.281 e. The van der Waals surface area contributed by atoms with E-state index in [0.717, 1.165) is 0 Å². The molecule has 0 fully saturated rings. The third kappa shape index (κ3) is 2.64. The van der Waals surface area contributed by atoms with E-state index in [1.165, 1.54) is 23.0 Å². The van der Waals surface area contributed by atoms with Crippen molar-refractivity contribution < 1.29 is 8.42 Å². The molecule has 0 aliphatic rings. The highest BCUT2D eigenvalue weighted by Gasteiger charge is 2.23. The summed E-state index contributed by atoms with van der Waals surface area (Å²) in [6.07, 6.45) is 1.33. The van der Waals surface area contributed by atoms with Crippen molar-refractivity contribution >= 4 is 33.1 Å². The number of aromatic nitrogens is 3. The lowest BCUT2D eigenvalue weighted by Crippen LogP contribution is -2.18. The van der Waals surface area contributed by atoms with Gasteiger partial charge in [-0.3, -0.25) is 4.72 Å². The first-order chi connectivity index (χ1) is 8.81. The molecule has 7 nitrogen and oxygen atoms in total. The Morgan fingerprint density at radius 1 is 1.42 bits per heavy atom. The van der Waals surface area contributed by atoms with Crippen molar-refractivity contribution in [2.75, 3.05) is 10.5 Å². The Bertz CT molecular complexity index is 706. The molecule has 0 amide bonds. The van der Waals surface area contributed by atoms with Crippen LogP contribution in [0, 0.1) is 6.92 Å². The number of pyridine rings is 1. The second kappa shape index (κ2) is 4.71. The maximum Gasteiger partial charge on any atom is 0.281 e. The molecule has 0 atom stereocenters. The summed E-state index contributed by atoms with van der Waals surface area (Å²) < 4.78 is 28.2. The SMILES string of the molecule is Cc1nc(Cl)ccc1NS(=O)(=O)c1c(N)ncn1C. The van der Waals surface area contributed by atoms with Gasteiger partial charge in [-0.1, -0.05) is 11.6 Å². The highest BCUT2D eigenvalue weighted by Crippen LogP contribution is 2.22. The molecule has 2 aromatic heterocycles. The summed E-state index contributed by atoms with van der Waals surface area (Å²) >= 11 is 5.72. The molecule has 0 radical (unpaired) electrons. The number of halogens is 1. The van der Waals surface area contributed by atoms with Gasteiger partial charge in [0, 0.05) is 7.05 Å². The first-order valence-electron chi connectivity index (χ1n) is 5.24. The molecule has 0 saturated carbocycles. The van der Waals surface area contributed by atoms with Gasteiger partial charge in [-0.2, -0.15) is 8.42 Å². The summed E-state index contributed by atoms with van der Waals surface area (Å²) in [6, 6.07) is 3.04. The van der Waals surface area contributed by atoms with Crippen LogP contribution in [0.5, 0.6) is 0 Å². The third-order valence-electron chi connectivity index (χ3n) is 2.46. The summed E-state index contributed by atoms with van der Waals surface area (Å²) in [6.45, 7) is 1.65. The summed E-state index contributed by atoms with van der Waals surface area (Å²) in [5.41, 5.74) is 6.36. The van der Waals surface area contributed by atoms with Crippen LogP contribution in [0.4, 0.5) is 11.5 Å². The highest BCUT2D eigenvalue weighted by molar-refractivity contribution is 7.92. The van der Waals surface area contributed by atoms with Crippen LogP contribution in [-0.4, -0.2) is 23.0 Å². The fourth-order valence-corrected chi connectivity index (χ4v) is 3.14. The van der Waals surface area contributed by atoms with E-state index in [1.807, 2.05) is 0 Å². The van der Waals surface area contributed by atoms with Crippen molar-refractivity contribution in [2.45, 2.75) is 11.9 Å². The Morgan fingerprint density at radius 3 is 2.63 bits per heavy atom. The largest absolute Gasteiger partial charge is 0.381 e. The monoisotopic (exact) mass is 301 g/mol. The lowest BCUT2D eigenvalue weighted by atomic mass is 10.3. The molecule has 0 saturated heterocycles. The third-order valence-corrected chi connectivity index (χ3v) is 4.17. The van der Waals surface area contributed by atoms with E-state index in [0.29, 0.717) is 16.5 Å². The molecule has 0 aliphatic heterocycles. The number of aryl methyl sites for hydroxylation is 2. The Morgan fingerprint density at radius 2 is 2.11 bits per heavy atom. The Kier molecular flexibility index (Phi) is 3.38. The Labute approximate surface area is 115 Å². The molecule has 9 heteroatoms. The molecule has 0 aliphatic carbocycles. The fraction of sp³-hybridized carbons (Fsp3) is 0.200. The fourth-order valence-electron chi connectivity index (χ4n) is 1.60. The van der Waals surface area contributed by atoms with Crippen molar-refractivity contribution in [3.05, 3.63) is 29.3 Å². The van der Waals surface area contributed by atoms with Crippen molar-refractivity contribution in [3.63, 3.8) is 0 Å². The number of nitrogens with two attached hydrogens (primary N) is 1. The van der Waals surface area contributed by atoms with Gasteiger partial charge in [0.1, 0.15) is 5.15 Å². The number of hydrogen-bond acceptors (Lipinski definition) is 5. The average molecular weight is 302 g/mol. The van der Waals surface area contributed by atoms with Crippen molar-refractivity contribution in [3.8, 4) is 0 Å². The zero-order chi connectivity index (χ0) is 14.2. The molecule has 3 N–H and O–H groups in total. The van der Waals surface area contributed by atoms with E-state index in [2.05, 4.69) is 14.7 Å². The summed E-state index contributed by atoms with van der Waals surface area (Å²) in [5.74, 6) is -0.0606. The number of nitrogen functional groups attached to an aromatic ring is 1. The van der Waals surface area contributed by atoms with Gasteiger partial charge in [0.05, 0.1) is 17.7 Å². The predicted octanol–water partition coefficient (Wildman–Crippen LogP) is 1.16. The van der Waals surface area contributed by atoms with Crippen LogP contribution in [0.15, 0.2) is 23.5 Å². The van der Waals surface area contributed by atoms with E-state index in [1.54, 1.807) is 14.0 Å². The van der Waals surface area contributed by atoms with Gasteiger partial charge < -0.3 is 10.3 Å². The van der Waals surface area contributed by atoms with Crippen LogP contribution >= 0.6 is 11.6 Å². The summed E-state index contributed by atoms with van der Waals surface area (Å²) in [7, 11) is -2.28. The molecule has 0 aromatic carbocycles. The number of anilines is 2. The molecule has 0 unspecified atom stereocenters. The van der Waals surface area contributed by atoms with E-state index in [4.69, 9.17) is 17.3 Å². The van der Waals surface area contributed by atoms with Crippen molar-refractivity contribution in [1.82, 2.24) is 14.5 Å². The molecule has 2 aromatic rings. The molecular weight excluding hydrogens is 290 g/mol. The van der Waals surface area contributed by atoms with Gasteiger partial charge in [0.2, 0.25) is 0 Å². The van der Waals surface area contributed by atoms with Gasteiger partial charge >= 0.3 is 0 Å².